The van der Waals surface area contributed by atoms with Crippen molar-refractivity contribution in [3.63, 3.8) is 0 Å². The summed E-state index contributed by atoms with van der Waals surface area (Å²) in [5.74, 6) is 0.266. The molecule has 0 unspecified atom stereocenters. The molecule has 0 bridgehead atoms. The molecule has 3 heteroatoms. The fraction of sp³-hybridized carbons (Fsp3) is 0.500. The molecule has 15 heavy (non-hydrogen) atoms. The molecule has 0 aliphatic carbocycles. The van der Waals surface area contributed by atoms with Gasteiger partial charge in [0.15, 0.2) is 0 Å². The molecule has 0 spiro atoms. The van der Waals surface area contributed by atoms with E-state index in [-0.39, 0.29) is 11.8 Å². The van der Waals surface area contributed by atoms with Crippen LogP contribution >= 0.6 is 0 Å². The maximum atomic E-state index is 11.6. The summed E-state index contributed by atoms with van der Waals surface area (Å²) in [5, 5.41) is 0. The lowest BCUT2D eigenvalue weighted by atomic mass is 10.1. The number of hydrogen-bond acceptors (Lipinski definition) is 2. The topological polar surface area (TPSA) is 33.2 Å². The van der Waals surface area contributed by atoms with Crippen molar-refractivity contribution in [1.29, 1.82) is 0 Å². The minimum Gasteiger partial charge on any atom is -0.345 e. The van der Waals surface area contributed by atoms with E-state index in [1.54, 1.807) is 11.1 Å². The molecule has 1 amide bonds. The van der Waals surface area contributed by atoms with Crippen molar-refractivity contribution in [3.05, 3.63) is 30.1 Å². The maximum Gasteiger partial charge on any atom is 0.224 e. The van der Waals surface area contributed by atoms with Crippen LogP contribution in [-0.2, 0) is 11.2 Å². The second-order valence-electron chi connectivity index (χ2n) is 4.03. The Morgan fingerprint density at radius 3 is 2.80 bits per heavy atom. The smallest absolute Gasteiger partial charge is 0.224 e. The van der Waals surface area contributed by atoms with Gasteiger partial charge in [-0.05, 0) is 18.1 Å². The van der Waals surface area contributed by atoms with Crippen molar-refractivity contribution >= 4 is 5.91 Å². The normalized spacial score (nSPS) is 10.4. The SMILES string of the molecule is CC(C)C(=O)N(C)CCc1cccnc1. The molecular weight excluding hydrogens is 188 g/mol. The molecule has 0 aliphatic rings. The molecule has 1 heterocycles. The standard InChI is InChI=1S/C12H18N2O/c1-10(2)12(15)14(3)8-6-11-5-4-7-13-9-11/h4-5,7,9-10H,6,8H2,1-3H3. The molecule has 0 radical (unpaired) electrons. The van der Waals surface area contributed by atoms with Crippen LogP contribution in [0.1, 0.15) is 19.4 Å². The first kappa shape index (κ1) is 11.7. The molecule has 0 saturated carbocycles. The molecule has 82 valence electrons. The van der Waals surface area contributed by atoms with E-state index in [4.69, 9.17) is 0 Å². The molecule has 1 rings (SSSR count). The van der Waals surface area contributed by atoms with Gasteiger partial charge in [0.2, 0.25) is 5.91 Å². The van der Waals surface area contributed by atoms with Gasteiger partial charge in [-0.2, -0.15) is 0 Å². The Morgan fingerprint density at radius 2 is 2.27 bits per heavy atom. The average molecular weight is 206 g/mol. The van der Waals surface area contributed by atoms with Crippen LogP contribution in [0.25, 0.3) is 0 Å². The predicted octanol–water partition coefficient (Wildman–Crippen LogP) is 1.74. The number of carbonyl (C=O) groups excluding carboxylic acids is 1. The molecule has 0 aromatic carbocycles. The first-order chi connectivity index (χ1) is 7.11. The van der Waals surface area contributed by atoms with Gasteiger partial charge >= 0.3 is 0 Å². The van der Waals surface area contributed by atoms with E-state index >= 15 is 0 Å². The van der Waals surface area contributed by atoms with Crippen LogP contribution in [0.5, 0.6) is 0 Å². The van der Waals surface area contributed by atoms with E-state index in [2.05, 4.69) is 4.98 Å². The van der Waals surface area contributed by atoms with Gasteiger partial charge in [-0.15, -0.1) is 0 Å². The number of amides is 1. The summed E-state index contributed by atoms with van der Waals surface area (Å²) in [4.78, 5) is 17.4. The van der Waals surface area contributed by atoms with Gasteiger partial charge in [0.1, 0.15) is 0 Å². The molecule has 1 aromatic rings. The van der Waals surface area contributed by atoms with Gasteiger partial charge in [-0.1, -0.05) is 19.9 Å². The van der Waals surface area contributed by atoms with Crippen LogP contribution < -0.4 is 0 Å². The van der Waals surface area contributed by atoms with Crippen molar-refractivity contribution < 1.29 is 4.79 Å². The zero-order valence-corrected chi connectivity index (χ0v) is 9.60. The van der Waals surface area contributed by atoms with Crippen molar-refractivity contribution in [3.8, 4) is 0 Å². The molecule has 0 N–H and O–H groups in total. The summed E-state index contributed by atoms with van der Waals surface area (Å²) in [6.07, 6.45) is 4.46. The van der Waals surface area contributed by atoms with Crippen LogP contribution in [0.3, 0.4) is 0 Å². The van der Waals surface area contributed by atoms with Crippen LogP contribution in [0.4, 0.5) is 0 Å². The molecule has 0 atom stereocenters. The van der Waals surface area contributed by atoms with Crippen molar-refractivity contribution in [1.82, 2.24) is 9.88 Å². The van der Waals surface area contributed by atoms with E-state index in [1.165, 1.54) is 5.56 Å². The second kappa shape index (κ2) is 5.49. The van der Waals surface area contributed by atoms with Gasteiger partial charge in [0, 0.05) is 31.9 Å². The Morgan fingerprint density at radius 1 is 1.53 bits per heavy atom. The lowest BCUT2D eigenvalue weighted by molar-refractivity contribution is -0.133. The van der Waals surface area contributed by atoms with Gasteiger partial charge in [0.25, 0.3) is 0 Å². The number of pyridine rings is 1. The Labute approximate surface area is 91.1 Å². The highest BCUT2D eigenvalue weighted by molar-refractivity contribution is 5.77. The summed E-state index contributed by atoms with van der Waals surface area (Å²) in [6, 6.07) is 3.94. The Kier molecular flexibility index (Phi) is 4.28. The lowest BCUT2D eigenvalue weighted by Crippen LogP contribution is -2.32. The van der Waals surface area contributed by atoms with E-state index in [1.807, 2.05) is 39.2 Å². The largest absolute Gasteiger partial charge is 0.345 e. The minimum atomic E-state index is 0.0731. The fourth-order valence-corrected chi connectivity index (χ4v) is 1.39. The minimum absolute atomic E-state index is 0.0731. The van der Waals surface area contributed by atoms with Crippen LogP contribution in [-0.4, -0.2) is 29.4 Å². The lowest BCUT2D eigenvalue weighted by Gasteiger charge is -2.19. The highest BCUT2D eigenvalue weighted by atomic mass is 16.2. The zero-order valence-electron chi connectivity index (χ0n) is 9.60. The highest BCUT2D eigenvalue weighted by Gasteiger charge is 2.12. The number of likely N-dealkylation sites (N-methyl/N-ethyl adjacent to an activating group) is 1. The van der Waals surface area contributed by atoms with Crippen molar-refractivity contribution in [2.45, 2.75) is 20.3 Å². The number of nitrogens with zero attached hydrogens (tertiary/aromatic N) is 2. The zero-order chi connectivity index (χ0) is 11.3. The van der Waals surface area contributed by atoms with E-state index in [0.717, 1.165) is 13.0 Å². The van der Waals surface area contributed by atoms with Gasteiger partial charge in [0.05, 0.1) is 0 Å². The fourth-order valence-electron chi connectivity index (χ4n) is 1.39. The molecule has 0 fully saturated rings. The molecular formula is C12H18N2O. The Balaban J connectivity index is 2.41. The van der Waals surface area contributed by atoms with Gasteiger partial charge in [-0.25, -0.2) is 0 Å². The molecule has 1 aromatic heterocycles. The average Bonchev–Trinajstić information content (AvgIpc) is 2.26. The van der Waals surface area contributed by atoms with Crippen LogP contribution in [0.15, 0.2) is 24.5 Å². The molecule has 0 saturated heterocycles. The first-order valence-corrected chi connectivity index (χ1v) is 5.25. The summed E-state index contributed by atoms with van der Waals surface area (Å²) < 4.78 is 0. The monoisotopic (exact) mass is 206 g/mol. The van der Waals surface area contributed by atoms with E-state index < -0.39 is 0 Å². The molecule has 0 aliphatic heterocycles. The predicted molar refractivity (Wildman–Crippen MR) is 60.4 cm³/mol. The first-order valence-electron chi connectivity index (χ1n) is 5.25. The third-order valence-corrected chi connectivity index (χ3v) is 2.33. The van der Waals surface area contributed by atoms with Crippen molar-refractivity contribution in [2.75, 3.05) is 13.6 Å². The number of hydrogen-bond donors (Lipinski definition) is 0. The number of aromatic nitrogens is 1. The summed E-state index contributed by atoms with van der Waals surface area (Å²) >= 11 is 0. The second-order valence-corrected chi connectivity index (χ2v) is 4.03. The van der Waals surface area contributed by atoms with Crippen LogP contribution in [0, 0.1) is 5.92 Å². The Bertz CT molecular complexity index is 309. The molecule has 3 nitrogen and oxygen atoms in total. The quantitative estimate of drug-likeness (QED) is 0.751. The summed E-state index contributed by atoms with van der Waals surface area (Å²) in [5.41, 5.74) is 1.17. The van der Waals surface area contributed by atoms with Gasteiger partial charge < -0.3 is 4.90 Å². The maximum absolute atomic E-state index is 11.6. The number of rotatable bonds is 4. The third kappa shape index (κ3) is 3.70. The highest BCUT2D eigenvalue weighted by Crippen LogP contribution is 2.02. The van der Waals surface area contributed by atoms with E-state index in [0.29, 0.717) is 0 Å². The van der Waals surface area contributed by atoms with Crippen molar-refractivity contribution in [2.24, 2.45) is 5.92 Å². The third-order valence-electron chi connectivity index (χ3n) is 2.33. The summed E-state index contributed by atoms with van der Waals surface area (Å²) in [6.45, 7) is 4.59. The Hall–Kier alpha value is -1.38. The van der Waals surface area contributed by atoms with Crippen LogP contribution in [0.2, 0.25) is 0 Å². The van der Waals surface area contributed by atoms with E-state index in [9.17, 15) is 4.79 Å². The number of carbonyl (C=O) groups is 1. The summed E-state index contributed by atoms with van der Waals surface area (Å²) in [7, 11) is 1.85. The van der Waals surface area contributed by atoms with Gasteiger partial charge in [-0.3, -0.25) is 9.78 Å².